The fourth-order valence-electron chi connectivity index (χ4n) is 2.25. The van der Waals surface area contributed by atoms with Crippen molar-refractivity contribution in [2.24, 2.45) is 16.3 Å². The number of carbonyl (C=O) groups excluding carboxylic acids is 1. The molecule has 0 aromatic heterocycles. The quantitative estimate of drug-likeness (QED) is 0.235. The summed E-state index contributed by atoms with van der Waals surface area (Å²) >= 11 is 1.93. The van der Waals surface area contributed by atoms with Crippen molar-refractivity contribution in [3.8, 4) is 0 Å². The number of ether oxygens (including phenoxy) is 1. The van der Waals surface area contributed by atoms with E-state index in [1.165, 1.54) is 18.2 Å². The van der Waals surface area contributed by atoms with Gasteiger partial charge >= 0.3 is 0 Å². The van der Waals surface area contributed by atoms with E-state index in [0.29, 0.717) is 35.3 Å². The molecule has 0 unspecified atom stereocenters. The standard InChI is InChI=1S/C13H15FIN3O3/c14-8-1-2-10(9(15)7-8)17-12(19)13(11(16)18-20)3-5-21-6-4-13/h1-2,7,20H,3-6H2,(H2,16,18)(H,17,19). The van der Waals surface area contributed by atoms with Crippen molar-refractivity contribution >= 4 is 40.0 Å². The van der Waals surface area contributed by atoms with Crippen molar-refractivity contribution in [3.63, 3.8) is 0 Å². The molecule has 0 saturated carbocycles. The lowest BCUT2D eigenvalue weighted by Gasteiger charge is -2.34. The molecule has 21 heavy (non-hydrogen) atoms. The Balaban J connectivity index is 2.27. The van der Waals surface area contributed by atoms with Gasteiger partial charge < -0.3 is 21.0 Å². The number of benzene rings is 1. The molecule has 0 atom stereocenters. The van der Waals surface area contributed by atoms with Crippen LogP contribution in [0.5, 0.6) is 0 Å². The van der Waals surface area contributed by atoms with Gasteiger partial charge in [0.2, 0.25) is 5.91 Å². The van der Waals surface area contributed by atoms with E-state index in [-0.39, 0.29) is 17.6 Å². The normalized spacial score (nSPS) is 18.3. The predicted molar refractivity (Wildman–Crippen MR) is 83.6 cm³/mol. The number of amides is 1. The van der Waals surface area contributed by atoms with Crippen LogP contribution in [0.15, 0.2) is 23.4 Å². The monoisotopic (exact) mass is 407 g/mol. The Morgan fingerprint density at radius 1 is 1.48 bits per heavy atom. The number of oxime groups is 1. The van der Waals surface area contributed by atoms with Crippen LogP contribution in [0.3, 0.4) is 0 Å². The van der Waals surface area contributed by atoms with Gasteiger partial charge in [-0.2, -0.15) is 0 Å². The van der Waals surface area contributed by atoms with Gasteiger partial charge in [0, 0.05) is 16.8 Å². The summed E-state index contributed by atoms with van der Waals surface area (Å²) in [5.41, 5.74) is 5.10. The highest BCUT2D eigenvalue weighted by Crippen LogP contribution is 2.33. The molecule has 2 rings (SSSR count). The summed E-state index contributed by atoms with van der Waals surface area (Å²) in [4.78, 5) is 12.6. The molecule has 1 heterocycles. The molecule has 0 radical (unpaired) electrons. The molecule has 0 bridgehead atoms. The van der Waals surface area contributed by atoms with Crippen LogP contribution in [0.25, 0.3) is 0 Å². The van der Waals surface area contributed by atoms with E-state index in [2.05, 4.69) is 10.5 Å². The second-order valence-corrected chi connectivity index (χ2v) is 5.92. The highest BCUT2D eigenvalue weighted by Gasteiger charge is 2.44. The van der Waals surface area contributed by atoms with Crippen molar-refractivity contribution in [2.75, 3.05) is 18.5 Å². The molecule has 1 aromatic carbocycles. The zero-order valence-corrected chi connectivity index (χ0v) is 13.3. The van der Waals surface area contributed by atoms with E-state index in [9.17, 15) is 9.18 Å². The Hall–Kier alpha value is -1.42. The SMILES string of the molecule is NC(=NO)C1(C(=O)Nc2ccc(F)cc2I)CCOCC1. The van der Waals surface area contributed by atoms with Crippen molar-refractivity contribution in [2.45, 2.75) is 12.8 Å². The lowest BCUT2D eigenvalue weighted by molar-refractivity contribution is -0.126. The van der Waals surface area contributed by atoms with Crippen LogP contribution in [0, 0.1) is 14.8 Å². The molecule has 1 aromatic rings. The number of amidine groups is 1. The number of nitrogens with one attached hydrogen (secondary N) is 1. The highest BCUT2D eigenvalue weighted by atomic mass is 127. The van der Waals surface area contributed by atoms with Crippen molar-refractivity contribution < 1.29 is 19.1 Å². The van der Waals surface area contributed by atoms with E-state index >= 15 is 0 Å². The lowest BCUT2D eigenvalue weighted by Crippen LogP contribution is -2.50. The van der Waals surface area contributed by atoms with Gasteiger partial charge in [0.05, 0.1) is 5.69 Å². The number of carbonyl (C=O) groups is 1. The molecule has 1 aliphatic rings. The number of anilines is 1. The third kappa shape index (κ3) is 3.26. The molecule has 1 saturated heterocycles. The van der Waals surface area contributed by atoms with E-state index in [1.54, 1.807) is 0 Å². The minimum absolute atomic E-state index is 0.139. The van der Waals surface area contributed by atoms with Crippen molar-refractivity contribution in [1.29, 1.82) is 0 Å². The maximum absolute atomic E-state index is 13.1. The minimum Gasteiger partial charge on any atom is -0.409 e. The van der Waals surface area contributed by atoms with Gasteiger partial charge in [-0.15, -0.1) is 0 Å². The van der Waals surface area contributed by atoms with Crippen LogP contribution in [0.2, 0.25) is 0 Å². The van der Waals surface area contributed by atoms with E-state index < -0.39 is 5.41 Å². The summed E-state index contributed by atoms with van der Waals surface area (Å²) in [6.45, 7) is 0.703. The summed E-state index contributed by atoms with van der Waals surface area (Å²) in [6.07, 6.45) is 0.652. The topological polar surface area (TPSA) is 96.9 Å². The number of halogens is 2. The number of nitrogens with two attached hydrogens (primary N) is 1. The first-order valence-electron chi connectivity index (χ1n) is 6.32. The van der Waals surface area contributed by atoms with Crippen LogP contribution in [0.4, 0.5) is 10.1 Å². The molecule has 4 N–H and O–H groups in total. The van der Waals surface area contributed by atoms with Gasteiger partial charge in [-0.25, -0.2) is 4.39 Å². The average Bonchev–Trinajstić information content (AvgIpc) is 2.49. The summed E-state index contributed by atoms with van der Waals surface area (Å²) in [5.74, 6) is -0.902. The molecular formula is C13H15FIN3O3. The van der Waals surface area contributed by atoms with E-state index in [4.69, 9.17) is 15.7 Å². The lowest BCUT2D eigenvalue weighted by atomic mass is 9.78. The van der Waals surface area contributed by atoms with Crippen LogP contribution < -0.4 is 11.1 Å². The Kier molecular flexibility index (Phi) is 4.99. The summed E-state index contributed by atoms with van der Waals surface area (Å²) in [7, 11) is 0. The molecule has 1 aliphatic heterocycles. The molecule has 0 aliphatic carbocycles. The largest absolute Gasteiger partial charge is 0.409 e. The number of nitrogens with zero attached hydrogens (tertiary/aromatic N) is 1. The van der Waals surface area contributed by atoms with E-state index in [1.807, 2.05) is 22.6 Å². The first-order valence-corrected chi connectivity index (χ1v) is 7.40. The predicted octanol–water partition coefficient (Wildman–Crippen LogP) is 1.91. The van der Waals surface area contributed by atoms with Gasteiger partial charge in [-0.1, -0.05) is 5.16 Å². The molecule has 8 heteroatoms. The summed E-state index contributed by atoms with van der Waals surface area (Å²) in [5, 5.41) is 14.7. The van der Waals surface area contributed by atoms with Crippen LogP contribution >= 0.6 is 22.6 Å². The summed E-state index contributed by atoms with van der Waals surface area (Å²) < 4.78 is 18.9. The van der Waals surface area contributed by atoms with Crippen molar-refractivity contribution in [3.05, 3.63) is 27.6 Å². The van der Waals surface area contributed by atoms with Crippen LogP contribution in [0.1, 0.15) is 12.8 Å². The molecule has 114 valence electrons. The maximum Gasteiger partial charge on any atom is 0.238 e. The second kappa shape index (κ2) is 6.56. The molecule has 1 amide bonds. The van der Waals surface area contributed by atoms with Crippen LogP contribution in [-0.2, 0) is 9.53 Å². The van der Waals surface area contributed by atoms with Gasteiger partial charge in [-0.3, -0.25) is 4.79 Å². The Bertz CT molecular complexity index is 574. The maximum atomic E-state index is 13.1. The highest BCUT2D eigenvalue weighted by molar-refractivity contribution is 14.1. The molecular weight excluding hydrogens is 392 g/mol. The third-order valence-electron chi connectivity index (χ3n) is 3.56. The number of rotatable bonds is 3. The van der Waals surface area contributed by atoms with Crippen LogP contribution in [-0.4, -0.2) is 30.2 Å². The first kappa shape index (κ1) is 16.0. The van der Waals surface area contributed by atoms with Gasteiger partial charge in [0.1, 0.15) is 11.2 Å². The summed E-state index contributed by atoms with van der Waals surface area (Å²) in [6, 6.07) is 4.06. The minimum atomic E-state index is -1.11. The molecule has 6 nitrogen and oxygen atoms in total. The zero-order valence-electron chi connectivity index (χ0n) is 11.1. The van der Waals surface area contributed by atoms with E-state index in [0.717, 1.165) is 0 Å². The van der Waals surface area contributed by atoms with Gasteiger partial charge in [-0.05, 0) is 53.6 Å². The average molecular weight is 407 g/mol. The number of hydrogen-bond acceptors (Lipinski definition) is 4. The zero-order chi connectivity index (χ0) is 15.5. The number of hydrogen-bond donors (Lipinski definition) is 3. The van der Waals surface area contributed by atoms with Gasteiger partial charge in [0.15, 0.2) is 5.84 Å². The smallest absolute Gasteiger partial charge is 0.238 e. The fraction of sp³-hybridized carbons (Fsp3) is 0.385. The Morgan fingerprint density at radius 2 is 2.14 bits per heavy atom. The fourth-order valence-corrected chi connectivity index (χ4v) is 2.86. The molecule has 0 spiro atoms. The Morgan fingerprint density at radius 3 is 2.71 bits per heavy atom. The first-order chi connectivity index (χ1) is 9.99. The second-order valence-electron chi connectivity index (χ2n) is 4.76. The third-order valence-corrected chi connectivity index (χ3v) is 4.45. The van der Waals surface area contributed by atoms with Gasteiger partial charge in [0.25, 0.3) is 0 Å². The Labute approximate surface area is 134 Å². The van der Waals surface area contributed by atoms with Crippen molar-refractivity contribution in [1.82, 2.24) is 0 Å². The molecule has 1 fully saturated rings.